The standard InChI is InChI=1S/C12H9Cl2NO/c13-10-3-1-2-4-11(10)16-8-9-5-6-15-12(14)7-9/h1-7H,8H2. The van der Waals surface area contributed by atoms with Crippen molar-refractivity contribution >= 4 is 23.2 Å². The first-order chi connectivity index (χ1) is 7.75. The summed E-state index contributed by atoms with van der Waals surface area (Å²) in [6.07, 6.45) is 1.65. The molecule has 0 aliphatic carbocycles. The van der Waals surface area contributed by atoms with Gasteiger partial charge in [-0.05, 0) is 29.8 Å². The Balaban J connectivity index is 2.05. The predicted molar refractivity (Wildman–Crippen MR) is 65.0 cm³/mol. The molecule has 0 fully saturated rings. The van der Waals surface area contributed by atoms with Crippen molar-refractivity contribution < 1.29 is 4.74 Å². The zero-order valence-corrected chi connectivity index (χ0v) is 9.87. The third-order valence-corrected chi connectivity index (χ3v) is 2.54. The van der Waals surface area contributed by atoms with Gasteiger partial charge in [0.05, 0.1) is 5.02 Å². The van der Waals surface area contributed by atoms with Crippen molar-refractivity contribution in [1.29, 1.82) is 0 Å². The second-order valence-corrected chi connectivity index (χ2v) is 4.00. The Labute approximate surface area is 104 Å². The lowest BCUT2D eigenvalue weighted by molar-refractivity contribution is 0.306. The maximum atomic E-state index is 5.96. The summed E-state index contributed by atoms with van der Waals surface area (Å²) >= 11 is 11.7. The van der Waals surface area contributed by atoms with Crippen molar-refractivity contribution in [3.63, 3.8) is 0 Å². The summed E-state index contributed by atoms with van der Waals surface area (Å²) in [6, 6.07) is 11.0. The van der Waals surface area contributed by atoms with Gasteiger partial charge in [-0.1, -0.05) is 35.3 Å². The molecule has 0 N–H and O–H groups in total. The van der Waals surface area contributed by atoms with E-state index in [1.165, 1.54) is 0 Å². The van der Waals surface area contributed by atoms with Crippen LogP contribution in [0.1, 0.15) is 5.56 Å². The van der Waals surface area contributed by atoms with Crippen molar-refractivity contribution in [3.05, 3.63) is 58.3 Å². The van der Waals surface area contributed by atoms with Crippen molar-refractivity contribution in [2.24, 2.45) is 0 Å². The molecule has 4 heteroatoms. The van der Waals surface area contributed by atoms with Gasteiger partial charge in [0.1, 0.15) is 17.5 Å². The van der Waals surface area contributed by atoms with Crippen LogP contribution in [0.25, 0.3) is 0 Å². The summed E-state index contributed by atoms with van der Waals surface area (Å²) in [5, 5.41) is 1.06. The lowest BCUT2D eigenvalue weighted by Crippen LogP contribution is -1.96. The lowest BCUT2D eigenvalue weighted by atomic mass is 10.3. The molecule has 0 unspecified atom stereocenters. The molecule has 2 rings (SSSR count). The van der Waals surface area contributed by atoms with Gasteiger partial charge in [0, 0.05) is 6.20 Å². The second kappa shape index (κ2) is 5.19. The quantitative estimate of drug-likeness (QED) is 0.773. The first-order valence-corrected chi connectivity index (χ1v) is 5.49. The fraction of sp³-hybridized carbons (Fsp3) is 0.0833. The molecule has 0 saturated heterocycles. The molecule has 0 spiro atoms. The van der Waals surface area contributed by atoms with Gasteiger partial charge in [-0.2, -0.15) is 0 Å². The molecule has 82 valence electrons. The molecule has 0 radical (unpaired) electrons. The monoisotopic (exact) mass is 253 g/mol. The van der Waals surface area contributed by atoms with E-state index in [-0.39, 0.29) is 0 Å². The average Bonchev–Trinajstić information content (AvgIpc) is 2.28. The zero-order valence-electron chi connectivity index (χ0n) is 8.36. The minimum absolute atomic E-state index is 0.423. The highest BCUT2D eigenvalue weighted by Crippen LogP contribution is 2.24. The molecule has 0 saturated carbocycles. The normalized spacial score (nSPS) is 10.1. The van der Waals surface area contributed by atoms with Gasteiger partial charge in [0.25, 0.3) is 0 Å². The maximum Gasteiger partial charge on any atom is 0.138 e. The molecule has 1 heterocycles. The van der Waals surface area contributed by atoms with Crippen molar-refractivity contribution in [2.45, 2.75) is 6.61 Å². The topological polar surface area (TPSA) is 22.1 Å². The van der Waals surface area contributed by atoms with Gasteiger partial charge in [-0.3, -0.25) is 0 Å². The first-order valence-electron chi connectivity index (χ1n) is 4.73. The van der Waals surface area contributed by atoms with Crippen LogP contribution in [-0.4, -0.2) is 4.98 Å². The summed E-state index contributed by atoms with van der Waals surface area (Å²) in [6.45, 7) is 0.423. The molecule has 2 aromatic rings. The molecule has 0 aliphatic rings. The van der Waals surface area contributed by atoms with Gasteiger partial charge in [0.15, 0.2) is 0 Å². The number of benzene rings is 1. The molecular formula is C12H9Cl2NO. The number of hydrogen-bond acceptors (Lipinski definition) is 2. The third kappa shape index (κ3) is 2.87. The number of para-hydroxylation sites is 1. The average molecular weight is 254 g/mol. The Hall–Kier alpha value is -1.25. The number of rotatable bonds is 3. The minimum atomic E-state index is 0.423. The maximum absolute atomic E-state index is 5.96. The lowest BCUT2D eigenvalue weighted by Gasteiger charge is -2.07. The van der Waals surface area contributed by atoms with E-state index in [4.69, 9.17) is 27.9 Å². The SMILES string of the molecule is Clc1cc(COc2ccccc2Cl)ccn1. The second-order valence-electron chi connectivity index (χ2n) is 3.21. The van der Waals surface area contributed by atoms with Crippen LogP contribution >= 0.6 is 23.2 Å². The number of hydrogen-bond donors (Lipinski definition) is 0. The van der Waals surface area contributed by atoms with E-state index in [2.05, 4.69) is 4.98 Å². The van der Waals surface area contributed by atoms with Crippen LogP contribution < -0.4 is 4.74 Å². The van der Waals surface area contributed by atoms with Crippen LogP contribution in [0.3, 0.4) is 0 Å². The van der Waals surface area contributed by atoms with Crippen LogP contribution in [0.4, 0.5) is 0 Å². The molecule has 0 bridgehead atoms. The fourth-order valence-corrected chi connectivity index (χ4v) is 1.64. The first kappa shape index (κ1) is 11.2. The van der Waals surface area contributed by atoms with Crippen LogP contribution in [0.5, 0.6) is 5.75 Å². The van der Waals surface area contributed by atoms with E-state index in [1.807, 2.05) is 24.3 Å². The highest BCUT2D eigenvalue weighted by Gasteiger charge is 2.00. The molecule has 2 nitrogen and oxygen atoms in total. The van der Waals surface area contributed by atoms with E-state index in [9.17, 15) is 0 Å². The number of ether oxygens (including phenoxy) is 1. The van der Waals surface area contributed by atoms with Crippen LogP contribution in [0, 0.1) is 0 Å². The molecular weight excluding hydrogens is 245 g/mol. The van der Waals surface area contributed by atoms with E-state index >= 15 is 0 Å². The smallest absolute Gasteiger partial charge is 0.138 e. The van der Waals surface area contributed by atoms with E-state index in [1.54, 1.807) is 18.3 Å². The zero-order chi connectivity index (χ0) is 11.4. The van der Waals surface area contributed by atoms with Crippen molar-refractivity contribution in [2.75, 3.05) is 0 Å². The summed E-state index contributed by atoms with van der Waals surface area (Å²) in [5.74, 6) is 0.664. The Morgan fingerprint density at radius 2 is 1.94 bits per heavy atom. The Morgan fingerprint density at radius 1 is 1.12 bits per heavy atom. The van der Waals surface area contributed by atoms with Crippen LogP contribution in [0.2, 0.25) is 10.2 Å². The predicted octanol–water partition coefficient (Wildman–Crippen LogP) is 3.97. The van der Waals surface area contributed by atoms with Gasteiger partial charge in [-0.15, -0.1) is 0 Å². The molecule has 16 heavy (non-hydrogen) atoms. The summed E-state index contributed by atoms with van der Waals surface area (Å²) in [7, 11) is 0. The number of pyridine rings is 1. The number of halogens is 2. The summed E-state index contributed by atoms with van der Waals surface area (Å²) in [5.41, 5.74) is 0.958. The van der Waals surface area contributed by atoms with Gasteiger partial charge in [-0.25, -0.2) is 4.98 Å². The van der Waals surface area contributed by atoms with E-state index < -0.39 is 0 Å². The van der Waals surface area contributed by atoms with Crippen LogP contribution in [-0.2, 0) is 6.61 Å². The number of nitrogens with zero attached hydrogens (tertiary/aromatic N) is 1. The molecule has 1 aromatic heterocycles. The van der Waals surface area contributed by atoms with E-state index in [0.717, 1.165) is 5.56 Å². The third-order valence-electron chi connectivity index (χ3n) is 2.02. The fourth-order valence-electron chi connectivity index (χ4n) is 1.26. The summed E-state index contributed by atoms with van der Waals surface area (Å²) in [4.78, 5) is 3.90. The van der Waals surface area contributed by atoms with Gasteiger partial charge in [0.2, 0.25) is 0 Å². The van der Waals surface area contributed by atoms with Crippen molar-refractivity contribution in [3.8, 4) is 5.75 Å². The van der Waals surface area contributed by atoms with E-state index in [0.29, 0.717) is 22.5 Å². The van der Waals surface area contributed by atoms with Crippen LogP contribution in [0.15, 0.2) is 42.6 Å². The highest BCUT2D eigenvalue weighted by molar-refractivity contribution is 6.32. The highest BCUT2D eigenvalue weighted by atomic mass is 35.5. The molecule has 0 atom stereocenters. The van der Waals surface area contributed by atoms with Crippen molar-refractivity contribution in [1.82, 2.24) is 4.98 Å². The Kier molecular flexibility index (Phi) is 3.65. The Bertz CT molecular complexity index is 488. The number of aromatic nitrogens is 1. The van der Waals surface area contributed by atoms with Gasteiger partial charge >= 0.3 is 0 Å². The van der Waals surface area contributed by atoms with Gasteiger partial charge < -0.3 is 4.74 Å². The largest absolute Gasteiger partial charge is 0.487 e. The summed E-state index contributed by atoms with van der Waals surface area (Å²) < 4.78 is 5.56. The molecule has 0 aliphatic heterocycles. The molecule has 0 amide bonds. The molecule has 1 aromatic carbocycles. The minimum Gasteiger partial charge on any atom is -0.487 e. The Morgan fingerprint density at radius 3 is 2.69 bits per heavy atom.